The van der Waals surface area contributed by atoms with Gasteiger partial charge in [0.25, 0.3) is 15.9 Å². The number of esters is 1. The number of phenolic OH excluding ortho intramolecular Hbond substituents is 1. The molecule has 0 unspecified atom stereocenters. The minimum atomic E-state index is -4.39. The fraction of sp³-hybridized carbons (Fsp3) is 0.440. The Labute approximate surface area is 201 Å². The summed E-state index contributed by atoms with van der Waals surface area (Å²) in [5.74, 6) is -1.47. The fourth-order valence-electron chi connectivity index (χ4n) is 3.80. The Kier molecular flexibility index (Phi) is 7.67. The van der Waals surface area contributed by atoms with Crippen LogP contribution in [0.25, 0.3) is 0 Å². The molecule has 0 aromatic heterocycles. The fourth-order valence-corrected chi connectivity index (χ4v) is 5.37. The monoisotopic (exact) mass is 488 g/mol. The number of sulfonamides is 1. The maximum Gasteiger partial charge on any atom is 0.330 e. The molecular weight excluding hydrogens is 456 g/mol. The lowest BCUT2D eigenvalue weighted by Gasteiger charge is -2.33. The average Bonchev–Trinajstić information content (AvgIpc) is 3.28. The molecule has 0 bridgehead atoms. The van der Waals surface area contributed by atoms with E-state index in [1.807, 2.05) is 6.92 Å². The Morgan fingerprint density at radius 2 is 1.74 bits per heavy atom. The van der Waals surface area contributed by atoms with Crippen LogP contribution in [0.2, 0.25) is 0 Å². The predicted octanol–water partition coefficient (Wildman–Crippen LogP) is 2.92. The van der Waals surface area contributed by atoms with E-state index in [1.165, 1.54) is 24.3 Å². The van der Waals surface area contributed by atoms with E-state index in [0.717, 1.165) is 12.0 Å². The van der Waals surface area contributed by atoms with Crippen molar-refractivity contribution in [3.8, 4) is 5.75 Å². The molecule has 2 aromatic rings. The number of nitrogens with zero attached hydrogens (tertiary/aromatic N) is 1. The Morgan fingerprint density at radius 1 is 1.12 bits per heavy atom. The molecule has 2 aromatic carbocycles. The molecule has 1 aliphatic rings. The SMILES string of the molecule is Cc1ccc(S(=O)(=O)N(C(=O)[C@@H]2CCCN2)[C@H](Cc2ccc(O)cc2)C(=O)OC(C)(C)C)cc1. The van der Waals surface area contributed by atoms with Crippen LogP contribution in [0.15, 0.2) is 53.4 Å². The van der Waals surface area contributed by atoms with E-state index in [2.05, 4.69) is 5.32 Å². The number of rotatable bonds is 7. The van der Waals surface area contributed by atoms with Crippen molar-refractivity contribution in [3.05, 3.63) is 59.7 Å². The molecule has 1 fully saturated rings. The number of aryl methyl sites for hydroxylation is 1. The Bertz CT molecular complexity index is 1120. The standard InChI is InChI=1S/C25H32N2O6S/c1-17-7-13-20(14-8-17)34(31,32)27(23(29)21-6-5-15-26-21)22(24(30)33-25(2,3)4)16-18-9-11-19(28)12-10-18/h7-14,21-22,26,28H,5-6,15-16H2,1-4H3/t21-,22+/m0/s1. The largest absolute Gasteiger partial charge is 0.508 e. The zero-order chi connectivity index (χ0) is 25.1. The second-order valence-corrected chi connectivity index (χ2v) is 11.3. The molecule has 184 valence electrons. The lowest BCUT2D eigenvalue weighted by Crippen LogP contribution is -2.55. The van der Waals surface area contributed by atoms with Crippen molar-refractivity contribution in [2.45, 2.75) is 69.5 Å². The topological polar surface area (TPSA) is 113 Å². The van der Waals surface area contributed by atoms with Gasteiger partial charge in [0.15, 0.2) is 0 Å². The molecule has 9 heteroatoms. The van der Waals surface area contributed by atoms with Gasteiger partial charge in [0.1, 0.15) is 17.4 Å². The van der Waals surface area contributed by atoms with E-state index >= 15 is 0 Å². The van der Waals surface area contributed by atoms with Crippen LogP contribution in [0, 0.1) is 6.92 Å². The Hall–Kier alpha value is -2.91. The first-order valence-corrected chi connectivity index (χ1v) is 12.7. The van der Waals surface area contributed by atoms with Gasteiger partial charge in [0.2, 0.25) is 0 Å². The van der Waals surface area contributed by atoms with E-state index in [0.29, 0.717) is 22.8 Å². The number of ether oxygens (including phenoxy) is 1. The first kappa shape index (κ1) is 25.7. The van der Waals surface area contributed by atoms with Crippen LogP contribution in [0.1, 0.15) is 44.7 Å². The Morgan fingerprint density at radius 3 is 2.26 bits per heavy atom. The number of aromatic hydroxyl groups is 1. The minimum absolute atomic E-state index is 0.0351. The number of hydrogen-bond donors (Lipinski definition) is 2. The van der Waals surface area contributed by atoms with Gasteiger partial charge >= 0.3 is 5.97 Å². The molecule has 34 heavy (non-hydrogen) atoms. The van der Waals surface area contributed by atoms with Crippen LogP contribution in [-0.2, 0) is 30.8 Å². The van der Waals surface area contributed by atoms with Gasteiger partial charge in [-0.05, 0) is 76.9 Å². The summed E-state index contributed by atoms with van der Waals surface area (Å²) in [7, 11) is -4.39. The smallest absolute Gasteiger partial charge is 0.330 e. The molecule has 3 rings (SSSR count). The number of phenols is 1. The van der Waals surface area contributed by atoms with Crippen LogP contribution in [0.3, 0.4) is 0 Å². The molecule has 2 atom stereocenters. The highest BCUT2D eigenvalue weighted by molar-refractivity contribution is 7.89. The maximum atomic E-state index is 13.8. The van der Waals surface area contributed by atoms with Crippen molar-refractivity contribution in [3.63, 3.8) is 0 Å². The molecule has 8 nitrogen and oxygen atoms in total. The molecule has 0 aliphatic carbocycles. The summed E-state index contributed by atoms with van der Waals surface area (Å²) in [5.41, 5.74) is 0.546. The molecule has 0 saturated carbocycles. The van der Waals surface area contributed by atoms with Crippen molar-refractivity contribution in [1.29, 1.82) is 0 Å². The first-order valence-electron chi connectivity index (χ1n) is 11.3. The lowest BCUT2D eigenvalue weighted by molar-refractivity contribution is -0.162. The van der Waals surface area contributed by atoms with Crippen LogP contribution in [0.5, 0.6) is 5.75 Å². The van der Waals surface area contributed by atoms with Crippen LogP contribution in [-0.4, -0.2) is 53.9 Å². The summed E-state index contributed by atoms with van der Waals surface area (Å²) in [6, 6.07) is 10.1. The number of carbonyl (C=O) groups excluding carboxylic acids is 2. The van der Waals surface area contributed by atoms with Crippen LogP contribution in [0.4, 0.5) is 0 Å². The van der Waals surface area contributed by atoms with Gasteiger partial charge in [0, 0.05) is 6.42 Å². The predicted molar refractivity (Wildman–Crippen MR) is 128 cm³/mol. The third-order valence-electron chi connectivity index (χ3n) is 5.48. The van der Waals surface area contributed by atoms with E-state index in [4.69, 9.17) is 4.74 Å². The van der Waals surface area contributed by atoms with Gasteiger partial charge in [-0.25, -0.2) is 17.5 Å². The van der Waals surface area contributed by atoms with Gasteiger partial charge < -0.3 is 15.2 Å². The molecule has 2 N–H and O–H groups in total. The zero-order valence-electron chi connectivity index (χ0n) is 19.9. The number of hydrogen-bond acceptors (Lipinski definition) is 7. The summed E-state index contributed by atoms with van der Waals surface area (Å²) < 4.78 is 33.9. The Balaban J connectivity index is 2.12. The van der Waals surface area contributed by atoms with E-state index in [-0.39, 0.29) is 17.1 Å². The van der Waals surface area contributed by atoms with Gasteiger partial charge in [-0.3, -0.25) is 4.79 Å². The summed E-state index contributed by atoms with van der Waals surface area (Å²) in [5, 5.41) is 12.7. The number of benzene rings is 2. The van der Waals surface area contributed by atoms with Gasteiger partial charge in [-0.1, -0.05) is 29.8 Å². The number of amides is 1. The molecule has 1 amide bonds. The maximum absolute atomic E-state index is 13.8. The molecule has 0 radical (unpaired) electrons. The summed E-state index contributed by atoms with van der Waals surface area (Å²) in [6.07, 6.45) is 1.10. The van der Waals surface area contributed by atoms with Gasteiger partial charge in [0.05, 0.1) is 10.9 Å². The average molecular weight is 489 g/mol. The number of carbonyl (C=O) groups is 2. The zero-order valence-corrected chi connectivity index (χ0v) is 20.8. The van der Waals surface area contributed by atoms with Crippen molar-refractivity contribution >= 4 is 21.9 Å². The minimum Gasteiger partial charge on any atom is -0.508 e. The van der Waals surface area contributed by atoms with E-state index < -0.39 is 39.6 Å². The highest BCUT2D eigenvalue weighted by Gasteiger charge is 2.44. The van der Waals surface area contributed by atoms with Crippen molar-refractivity contribution in [2.24, 2.45) is 0 Å². The van der Waals surface area contributed by atoms with Gasteiger partial charge in [-0.15, -0.1) is 0 Å². The first-order chi connectivity index (χ1) is 15.9. The molecule has 1 saturated heterocycles. The molecular formula is C25H32N2O6S. The quantitative estimate of drug-likeness (QED) is 0.576. The molecule has 0 spiro atoms. The third-order valence-corrected chi connectivity index (χ3v) is 7.30. The summed E-state index contributed by atoms with van der Waals surface area (Å²) in [4.78, 5) is 26.9. The second-order valence-electron chi connectivity index (χ2n) is 9.52. The van der Waals surface area contributed by atoms with Crippen molar-refractivity contribution in [1.82, 2.24) is 9.62 Å². The van der Waals surface area contributed by atoms with Crippen molar-refractivity contribution < 1.29 is 27.9 Å². The van der Waals surface area contributed by atoms with E-state index in [9.17, 15) is 23.1 Å². The second kappa shape index (κ2) is 10.1. The summed E-state index contributed by atoms with van der Waals surface area (Å²) in [6.45, 7) is 7.46. The summed E-state index contributed by atoms with van der Waals surface area (Å²) >= 11 is 0. The number of nitrogens with one attached hydrogen (secondary N) is 1. The third kappa shape index (κ3) is 6.15. The van der Waals surface area contributed by atoms with Gasteiger partial charge in [-0.2, -0.15) is 0 Å². The van der Waals surface area contributed by atoms with Crippen LogP contribution < -0.4 is 5.32 Å². The normalized spacial score (nSPS) is 17.2. The lowest BCUT2D eigenvalue weighted by atomic mass is 10.0. The molecule has 1 heterocycles. The highest BCUT2D eigenvalue weighted by Crippen LogP contribution is 2.26. The van der Waals surface area contributed by atoms with E-state index in [1.54, 1.807) is 45.0 Å². The van der Waals surface area contributed by atoms with Crippen molar-refractivity contribution in [2.75, 3.05) is 6.54 Å². The highest BCUT2D eigenvalue weighted by atomic mass is 32.2. The van der Waals surface area contributed by atoms with Crippen LogP contribution >= 0.6 is 0 Å². The molecule has 1 aliphatic heterocycles.